The van der Waals surface area contributed by atoms with E-state index in [4.69, 9.17) is 4.98 Å². The van der Waals surface area contributed by atoms with Crippen molar-refractivity contribution in [1.29, 1.82) is 0 Å². The van der Waals surface area contributed by atoms with Gasteiger partial charge in [0.05, 0.1) is 28.5 Å². The minimum absolute atomic E-state index is 0.0865. The molecule has 0 aliphatic rings. The lowest BCUT2D eigenvalue weighted by molar-refractivity contribution is -0.115. The molecule has 10 heteroatoms. The van der Waals surface area contributed by atoms with Crippen LogP contribution < -0.4 is 5.32 Å². The number of anilines is 1. The smallest absolute Gasteiger partial charge is 0.224 e. The first kappa shape index (κ1) is 21.5. The van der Waals surface area contributed by atoms with Gasteiger partial charge in [0.15, 0.2) is 11.5 Å². The molecule has 1 aromatic carbocycles. The van der Waals surface area contributed by atoms with Gasteiger partial charge in [-0.25, -0.2) is 14.4 Å². The summed E-state index contributed by atoms with van der Waals surface area (Å²) in [6, 6.07) is 11.9. The number of pyridine rings is 3. The number of benzene rings is 1. The molecule has 1 amide bonds. The zero-order valence-electron chi connectivity index (χ0n) is 19.1. The lowest BCUT2D eigenvalue weighted by Crippen LogP contribution is -2.09. The predicted octanol–water partition coefficient (Wildman–Crippen LogP) is 5.11. The van der Waals surface area contributed by atoms with Crippen LogP contribution in [0, 0.1) is 5.82 Å². The Kier molecular flexibility index (Phi) is 5.18. The normalized spacial score (nSPS) is 11.3. The number of nitrogens with zero attached hydrogens (tertiary/aromatic N) is 5. The molecule has 6 aromatic rings. The lowest BCUT2D eigenvalue weighted by Gasteiger charge is -2.06. The van der Waals surface area contributed by atoms with Gasteiger partial charge in [0.25, 0.3) is 0 Å². The van der Waals surface area contributed by atoms with Gasteiger partial charge in [0, 0.05) is 41.7 Å². The highest BCUT2D eigenvalue weighted by atomic mass is 19.1. The van der Waals surface area contributed by atoms with Crippen molar-refractivity contribution in [3.8, 4) is 33.9 Å². The number of aromatic amines is 2. The number of nitrogens with one attached hydrogen (secondary N) is 3. The monoisotopic (exact) mass is 478 g/mol. The summed E-state index contributed by atoms with van der Waals surface area (Å²) in [5.41, 5.74) is 6.00. The summed E-state index contributed by atoms with van der Waals surface area (Å²) >= 11 is 0. The summed E-state index contributed by atoms with van der Waals surface area (Å²) < 4.78 is 13.8. The van der Waals surface area contributed by atoms with Crippen LogP contribution in [0.5, 0.6) is 0 Å². The number of hydrogen-bond donors (Lipinski definition) is 3. The molecule has 6 rings (SSSR count). The van der Waals surface area contributed by atoms with E-state index < -0.39 is 0 Å². The third-order valence-corrected chi connectivity index (χ3v) is 5.82. The van der Waals surface area contributed by atoms with Gasteiger partial charge in [0.2, 0.25) is 5.91 Å². The molecule has 3 N–H and O–H groups in total. The highest BCUT2D eigenvalue weighted by Gasteiger charge is 2.17. The number of imidazole rings is 1. The SMILES string of the molecule is CCC(=O)Nc1cncc(-c2cnc3n[nH]c(-c4nc5c(-c6cccc(F)c6)nccc5[nH]4)c3c2)c1. The van der Waals surface area contributed by atoms with Gasteiger partial charge in [-0.2, -0.15) is 5.10 Å². The van der Waals surface area contributed by atoms with Crippen molar-refractivity contribution in [3.63, 3.8) is 0 Å². The van der Waals surface area contributed by atoms with E-state index in [2.05, 4.69) is 35.5 Å². The van der Waals surface area contributed by atoms with Crippen molar-refractivity contribution >= 4 is 33.7 Å². The number of H-pyrrole nitrogens is 2. The van der Waals surface area contributed by atoms with Crippen LogP contribution in [0.3, 0.4) is 0 Å². The number of rotatable bonds is 5. The predicted molar refractivity (Wildman–Crippen MR) is 134 cm³/mol. The third-order valence-electron chi connectivity index (χ3n) is 5.82. The fraction of sp³-hybridized carbons (Fsp3) is 0.0769. The Morgan fingerprint density at radius 2 is 1.92 bits per heavy atom. The second-order valence-corrected chi connectivity index (χ2v) is 8.21. The van der Waals surface area contributed by atoms with Gasteiger partial charge in [-0.3, -0.25) is 19.9 Å². The molecular formula is C26H19FN8O. The van der Waals surface area contributed by atoms with Crippen molar-refractivity contribution in [1.82, 2.24) is 35.1 Å². The van der Waals surface area contributed by atoms with E-state index in [9.17, 15) is 9.18 Å². The highest BCUT2D eigenvalue weighted by Crippen LogP contribution is 2.32. The molecule has 0 unspecified atom stereocenters. The number of hydrogen-bond acceptors (Lipinski definition) is 6. The summed E-state index contributed by atoms with van der Waals surface area (Å²) in [4.78, 5) is 33.0. The van der Waals surface area contributed by atoms with Crippen LogP contribution in [-0.4, -0.2) is 41.0 Å². The fourth-order valence-electron chi connectivity index (χ4n) is 4.05. The molecule has 0 radical (unpaired) electrons. The van der Waals surface area contributed by atoms with Crippen molar-refractivity contribution in [2.24, 2.45) is 0 Å². The number of carbonyl (C=O) groups is 1. The Morgan fingerprint density at radius 1 is 1.03 bits per heavy atom. The summed E-state index contributed by atoms with van der Waals surface area (Å²) in [5.74, 6) is 0.129. The number of carbonyl (C=O) groups excluding carboxylic acids is 1. The van der Waals surface area contributed by atoms with Crippen LogP contribution in [0.2, 0.25) is 0 Å². The number of halogens is 1. The largest absolute Gasteiger partial charge is 0.337 e. The molecule has 5 heterocycles. The maximum Gasteiger partial charge on any atom is 0.224 e. The molecule has 0 aliphatic heterocycles. The molecule has 36 heavy (non-hydrogen) atoms. The Labute approximate surface area is 203 Å². The lowest BCUT2D eigenvalue weighted by atomic mass is 10.1. The van der Waals surface area contributed by atoms with E-state index in [1.54, 1.807) is 43.8 Å². The fourth-order valence-corrected chi connectivity index (χ4v) is 4.05. The quantitative estimate of drug-likeness (QED) is 0.316. The third kappa shape index (κ3) is 3.84. The van der Waals surface area contributed by atoms with E-state index >= 15 is 0 Å². The first-order chi connectivity index (χ1) is 17.6. The Morgan fingerprint density at radius 3 is 2.78 bits per heavy atom. The van der Waals surface area contributed by atoms with Gasteiger partial charge < -0.3 is 10.3 Å². The van der Waals surface area contributed by atoms with E-state index in [1.807, 2.05) is 18.2 Å². The van der Waals surface area contributed by atoms with Crippen LogP contribution in [0.25, 0.3) is 56.0 Å². The van der Waals surface area contributed by atoms with Crippen LogP contribution in [0.1, 0.15) is 13.3 Å². The second-order valence-electron chi connectivity index (χ2n) is 8.21. The Balaban J connectivity index is 1.43. The summed E-state index contributed by atoms with van der Waals surface area (Å²) in [6.45, 7) is 1.79. The molecule has 5 aromatic heterocycles. The first-order valence-electron chi connectivity index (χ1n) is 11.3. The standard InChI is InChI=1S/C26H19FN8O/c1-2-21(36)31-18-9-15(11-28-13-18)16-10-19-23(34-35-25(19)30-12-16)26-32-20-6-7-29-22(24(20)33-26)14-4-3-5-17(27)8-14/h3-13H,2H2,1H3,(H,31,36)(H,32,33)(H,30,34,35). The summed E-state index contributed by atoms with van der Waals surface area (Å²) in [6.07, 6.45) is 7.06. The molecule has 0 saturated carbocycles. The molecular weight excluding hydrogens is 459 g/mol. The molecule has 0 aliphatic carbocycles. The van der Waals surface area contributed by atoms with Crippen LogP contribution in [-0.2, 0) is 4.79 Å². The van der Waals surface area contributed by atoms with Gasteiger partial charge in [-0.15, -0.1) is 0 Å². The van der Waals surface area contributed by atoms with E-state index in [1.165, 1.54) is 12.1 Å². The van der Waals surface area contributed by atoms with Crippen LogP contribution in [0.4, 0.5) is 10.1 Å². The average molecular weight is 478 g/mol. The molecule has 9 nitrogen and oxygen atoms in total. The molecule has 0 bridgehead atoms. The molecule has 0 fully saturated rings. The van der Waals surface area contributed by atoms with Crippen molar-refractivity contribution < 1.29 is 9.18 Å². The average Bonchev–Trinajstić information content (AvgIpc) is 3.52. The van der Waals surface area contributed by atoms with Gasteiger partial charge in [-0.1, -0.05) is 19.1 Å². The molecule has 0 atom stereocenters. The zero-order valence-corrected chi connectivity index (χ0v) is 19.1. The topological polar surface area (TPSA) is 125 Å². The van der Waals surface area contributed by atoms with E-state index in [0.717, 1.165) is 22.0 Å². The van der Waals surface area contributed by atoms with Crippen LogP contribution in [0.15, 0.2) is 67.3 Å². The molecule has 0 spiro atoms. The van der Waals surface area contributed by atoms with Gasteiger partial charge in [-0.05, 0) is 30.3 Å². The van der Waals surface area contributed by atoms with Gasteiger partial charge in [0.1, 0.15) is 17.0 Å². The molecule has 176 valence electrons. The van der Waals surface area contributed by atoms with Crippen LogP contribution >= 0.6 is 0 Å². The highest BCUT2D eigenvalue weighted by molar-refractivity contribution is 5.96. The van der Waals surface area contributed by atoms with Gasteiger partial charge >= 0.3 is 0 Å². The Bertz CT molecular complexity index is 1760. The molecule has 0 saturated heterocycles. The minimum atomic E-state index is -0.340. The summed E-state index contributed by atoms with van der Waals surface area (Å²) in [7, 11) is 0. The zero-order chi connectivity index (χ0) is 24.6. The number of amides is 1. The van der Waals surface area contributed by atoms with Crippen molar-refractivity contribution in [3.05, 3.63) is 73.1 Å². The van der Waals surface area contributed by atoms with Crippen molar-refractivity contribution in [2.45, 2.75) is 13.3 Å². The first-order valence-corrected chi connectivity index (χ1v) is 11.3. The van der Waals surface area contributed by atoms with E-state index in [-0.39, 0.29) is 11.7 Å². The maximum absolute atomic E-state index is 13.8. The second kappa shape index (κ2) is 8.66. The summed E-state index contributed by atoms with van der Waals surface area (Å²) in [5, 5.41) is 10.9. The Hall–Kier alpha value is -4.99. The van der Waals surface area contributed by atoms with E-state index in [0.29, 0.717) is 46.0 Å². The minimum Gasteiger partial charge on any atom is -0.337 e. The maximum atomic E-state index is 13.8. The number of aromatic nitrogens is 7. The number of fused-ring (bicyclic) bond motifs is 2. The van der Waals surface area contributed by atoms with Crippen molar-refractivity contribution in [2.75, 3.05) is 5.32 Å².